The lowest BCUT2D eigenvalue weighted by atomic mass is 9.86. The van der Waals surface area contributed by atoms with E-state index in [-0.39, 0.29) is 5.57 Å². The zero-order valence-corrected chi connectivity index (χ0v) is 20.7. The molecule has 0 saturated carbocycles. The summed E-state index contributed by atoms with van der Waals surface area (Å²) in [5, 5.41) is 0. The first-order valence-corrected chi connectivity index (χ1v) is 11.3. The maximum Gasteiger partial charge on any atom is 0.334 e. The van der Waals surface area contributed by atoms with Crippen LogP contribution in [0.4, 0.5) is 0 Å². The van der Waals surface area contributed by atoms with Crippen LogP contribution in [0.15, 0.2) is 47.1 Å². The van der Waals surface area contributed by atoms with Crippen molar-refractivity contribution in [2.24, 2.45) is 5.92 Å². The van der Waals surface area contributed by atoms with Gasteiger partial charge in [0.1, 0.15) is 24.4 Å². The number of carbonyl (C=O) groups excluding carboxylic acids is 4. The molecule has 1 aliphatic heterocycles. The van der Waals surface area contributed by atoms with Gasteiger partial charge in [-0.3, -0.25) is 14.4 Å². The normalized spacial score (nSPS) is 32.9. The van der Waals surface area contributed by atoms with Crippen molar-refractivity contribution in [3.05, 3.63) is 47.1 Å². The Labute approximate surface area is 200 Å². The third kappa shape index (κ3) is 8.01. The Kier molecular flexibility index (Phi) is 9.41. The Balaban J connectivity index is 2.58. The number of fused-ring (bicyclic) bond motifs is 1. The molecule has 8 heteroatoms. The molecule has 0 aromatic heterocycles. The Hall–Kier alpha value is -3.16. The lowest BCUT2D eigenvalue weighted by molar-refractivity contribution is -0.149. The van der Waals surface area contributed by atoms with E-state index in [0.717, 1.165) is 16.7 Å². The molecule has 1 fully saturated rings. The van der Waals surface area contributed by atoms with Crippen LogP contribution in [0.5, 0.6) is 0 Å². The maximum absolute atomic E-state index is 12.4. The van der Waals surface area contributed by atoms with E-state index in [2.05, 4.69) is 6.58 Å². The van der Waals surface area contributed by atoms with Crippen molar-refractivity contribution in [1.29, 1.82) is 0 Å². The number of rotatable bonds is 3. The van der Waals surface area contributed by atoms with E-state index in [9.17, 15) is 19.2 Å². The second kappa shape index (κ2) is 11.8. The Morgan fingerprint density at radius 2 is 1.24 bits per heavy atom. The minimum atomic E-state index is -0.705. The zero-order valence-electron chi connectivity index (χ0n) is 20.7. The fourth-order valence-electron chi connectivity index (χ4n) is 4.40. The molecule has 2 rings (SSSR count). The van der Waals surface area contributed by atoms with E-state index < -0.39 is 54.2 Å². The molecule has 34 heavy (non-hydrogen) atoms. The summed E-state index contributed by atoms with van der Waals surface area (Å²) in [4.78, 5) is 47.7. The lowest BCUT2D eigenvalue weighted by Crippen LogP contribution is -2.33. The van der Waals surface area contributed by atoms with Crippen molar-refractivity contribution < 1.29 is 38.1 Å². The number of carbonyl (C=O) groups is 4. The van der Waals surface area contributed by atoms with E-state index in [0.29, 0.717) is 19.3 Å². The van der Waals surface area contributed by atoms with Crippen LogP contribution in [-0.2, 0) is 38.1 Å². The van der Waals surface area contributed by atoms with Gasteiger partial charge in [0.15, 0.2) is 0 Å². The van der Waals surface area contributed by atoms with Crippen LogP contribution >= 0.6 is 0 Å². The van der Waals surface area contributed by atoms with E-state index >= 15 is 0 Å². The summed E-state index contributed by atoms with van der Waals surface area (Å²) in [6.07, 6.45) is 4.00. The molecule has 8 nitrogen and oxygen atoms in total. The predicted molar refractivity (Wildman–Crippen MR) is 124 cm³/mol. The number of ether oxygens (including phenoxy) is 4. The van der Waals surface area contributed by atoms with Gasteiger partial charge in [0.05, 0.1) is 5.92 Å². The molecule has 1 heterocycles. The molecule has 0 aromatic rings. The highest BCUT2D eigenvalue weighted by Crippen LogP contribution is 2.36. The third-order valence-corrected chi connectivity index (χ3v) is 5.57. The van der Waals surface area contributed by atoms with E-state index in [1.807, 2.05) is 26.8 Å². The number of esters is 4. The minimum Gasteiger partial charge on any atom is -0.461 e. The van der Waals surface area contributed by atoms with Crippen molar-refractivity contribution in [3.8, 4) is 0 Å². The van der Waals surface area contributed by atoms with Crippen LogP contribution in [0.2, 0.25) is 0 Å². The molecule has 1 saturated heterocycles. The highest BCUT2D eigenvalue weighted by molar-refractivity contribution is 5.91. The Morgan fingerprint density at radius 3 is 1.71 bits per heavy atom. The summed E-state index contributed by atoms with van der Waals surface area (Å²) in [6.45, 7) is 13.4. The van der Waals surface area contributed by atoms with Crippen molar-refractivity contribution in [2.75, 3.05) is 0 Å². The topological polar surface area (TPSA) is 105 Å². The molecule has 1 aliphatic carbocycles. The maximum atomic E-state index is 12.4. The van der Waals surface area contributed by atoms with E-state index in [1.165, 1.54) is 20.8 Å². The molecule has 0 N–H and O–H groups in total. The van der Waals surface area contributed by atoms with Gasteiger partial charge in [-0.2, -0.15) is 0 Å². The number of hydrogen-bond donors (Lipinski definition) is 0. The smallest absolute Gasteiger partial charge is 0.334 e. The van der Waals surface area contributed by atoms with Gasteiger partial charge in [-0.1, -0.05) is 23.3 Å². The van der Waals surface area contributed by atoms with Crippen molar-refractivity contribution in [3.63, 3.8) is 0 Å². The standard InChI is InChI=1S/C26H34O8/c1-14-8-21(31-18(5)27)10-15(2)12-23(33-20(7)29)25-17(4)26(30)34-24(25)13-16(3)11-22(9-14)32-19(6)28/h9-10,13,21-25H,4,8,11-12H2,1-3,5-7H3/b14-9+,15-10+,16-13+/t21-,22+,23?,24-,25-/m0/s1. The van der Waals surface area contributed by atoms with Crippen LogP contribution < -0.4 is 0 Å². The van der Waals surface area contributed by atoms with Crippen LogP contribution in [0.25, 0.3) is 0 Å². The molecule has 1 unspecified atom stereocenters. The van der Waals surface area contributed by atoms with Gasteiger partial charge in [0, 0.05) is 45.6 Å². The fourth-order valence-corrected chi connectivity index (χ4v) is 4.40. The average molecular weight is 475 g/mol. The molecule has 0 aromatic carbocycles. The monoisotopic (exact) mass is 474 g/mol. The first-order valence-electron chi connectivity index (χ1n) is 11.3. The first-order chi connectivity index (χ1) is 15.8. The first kappa shape index (κ1) is 27.1. The quantitative estimate of drug-likeness (QED) is 0.262. The molecule has 0 amide bonds. The van der Waals surface area contributed by atoms with E-state index in [1.54, 1.807) is 12.2 Å². The van der Waals surface area contributed by atoms with Crippen LogP contribution in [-0.4, -0.2) is 48.3 Å². The van der Waals surface area contributed by atoms with Gasteiger partial charge in [-0.15, -0.1) is 0 Å². The molecular formula is C26H34O8. The SMILES string of the molecule is C=C1C(=O)O[C@H]2/C=C(\C)C[C@H](OC(C)=O)/C=C(\C)C[C@H](OC(C)=O)/C=C(\C)CC(OC(C)=O)[C@H]12. The highest BCUT2D eigenvalue weighted by atomic mass is 16.6. The van der Waals surface area contributed by atoms with Crippen molar-refractivity contribution in [1.82, 2.24) is 0 Å². The van der Waals surface area contributed by atoms with Gasteiger partial charge in [-0.05, 0) is 39.0 Å². The van der Waals surface area contributed by atoms with Gasteiger partial charge in [-0.25, -0.2) is 4.79 Å². The van der Waals surface area contributed by atoms with Crippen molar-refractivity contribution in [2.45, 2.75) is 85.2 Å². The van der Waals surface area contributed by atoms with Gasteiger partial charge < -0.3 is 18.9 Å². The summed E-state index contributed by atoms with van der Waals surface area (Å²) in [6, 6.07) is 0. The van der Waals surface area contributed by atoms with Gasteiger partial charge >= 0.3 is 23.9 Å². The molecule has 2 aliphatic rings. The summed E-state index contributed by atoms with van der Waals surface area (Å²) >= 11 is 0. The van der Waals surface area contributed by atoms with Gasteiger partial charge in [0.25, 0.3) is 0 Å². The highest BCUT2D eigenvalue weighted by Gasteiger charge is 2.44. The summed E-state index contributed by atoms with van der Waals surface area (Å²) < 4.78 is 22.1. The summed E-state index contributed by atoms with van der Waals surface area (Å²) in [5.41, 5.74) is 2.74. The molecule has 0 spiro atoms. The van der Waals surface area contributed by atoms with Crippen LogP contribution in [0, 0.1) is 5.92 Å². The third-order valence-electron chi connectivity index (χ3n) is 5.57. The average Bonchev–Trinajstić information content (AvgIpc) is 2.91. The second-order valence-electron chi connectivity index (χ2n) is 9.02. The molecule has 0 radical (unpaired) electrons. The van der Waals surface area contributed by atoms with Crippen LogP contribution in [0.1, 0.15) is 60.8 Å². The summed E-state index contributed by atoms with van der Waals surface area (Å²) in [7, 11) is 0. The fraction of sp³-hybridized carbons (Fsp3) is 0.538. The molecular weight excluding hydrogens is 440 g/mol. The van der Waals surface area contributed by atoms with Crippen LogP contribution in [0.3, 0.4) is 0 Å². The van der Waals surface area contributed by atoms with Gasteiger partial charge in [0.2, 0.25) is 0 Å². The molecule has 0 bridgehead atoms. The Morgan fingerprint density at radius 1 is 0.794 bits per heavy atom. The minimum absolute atomic E-state index is 0.226. The Bertz CT molecular complexity index is 938. The summed E-state index contributed by atoms with van der Waals surface area (Å²) in [5.74, 6) is -2.49. The van der Waals surface area contributed by atoms with E-state index in [4.69, 9.17) is 18.9 Å². The molecule has 186 valence electrons. The predicted octanol–water partition coefficient (Wildman–Crippen LogP) is 3.90. The second-order valence-corrected chi connectivity index (χ2v) is 9.02. The lowest BCUT2D eigenvalue weighted by Gasteiger charge is -2.27. The van der Waals surface area contributed by atoms with Crippen molar-refractivity contribution >= 4 is 23.9 Å². The number of hydrogen-bond acceptors (Lipinski definition) is 8. The molecule has 5 atom stereocenters. The zero-order chi connectivity index (χ0) is 25.6. The largest absolute Gasteiger partial charge is 0.461 e.